The van der Waals surface area contributed by atoms with Crippen molar-refractivity contribution in [1.29, 1.82) is 0 Å². The third kappa shape index (κ3) is 4.60. The molecular weight excluding hydrogens is 340 g/mol. The smallest absolute Gasteiger partial charge is 0.321 e. The highest BCUT2D eigenvalue weighted by Gasteiger charge is 2.20. The Morgan fingerprint density at radius 2 is 2.04 bits per heavy atom. The van der Waals surface area contributed by atoms with Crippen LogP contribution in [0.4, 0.5) is 4.79 Å². The van der Waals surface area contributed by atoms with Gasteiger partial charge in [0.15, 0.2) is 5.16 Å². The number of hydrogen-bond donors (Lipinski definition) is 2. The van der Waals surface area contributed by atoms with Crippen molar-refractivity contribution in [2.75, 3.05) is 7.05 Å². The van der Waals surface area contributed by atoms with Gasteiger partial charge in [-0.05, 0) is 25.5 Å². The Labute approximate surface area is 150 Å². The number of thioether (sulfide) groups is 1. The number of carbonyl (C=O) groups is 2. The van der Waals surface area contributed by atoms with Gasteiger partial charge < -0.3 is 5.32 Å². The van der Waals surface area contributed by atoms with Crippen molar-refractivity contribution in [2.24, 2.45) is 0 Å². The Hall–Kier alpha value is -2.35. The maximum absolute atomic E-state index is 12.8. The van der Waals surface area contributed by atoms with E-state index >= 15 is 0 Å². The predicted octanol–water partition coefficient (Wildman–Crippen LogP) is 2.13. The lowest BCUT2D eigenvalue weighted by molar-refractivity contribution is -0.119. The Bertz CT molecular complexity index is 834. The standard InChI is InChI=1S/C17H22N4O3S/c1-4-5-10-21-15(23)12-8-6-7-9-13(12)19-17(21)25-11(2)14(22)20-16(24)18-3/h6-9,11H,4-5,10H2,1-3H3,(H2,18,20,22,24)/t11-/m0/s1. The van der Waals surface area contributed by atoms with Crippen LogP contribution in [0.25, 0.3) is 10.9 Å². The molecule has 1 atom stereocenters. The molecule has 0 saturated carbocycles. The van der Waals surface area contributed by atoms with Gasteiger partial charge in [-0.1, -0.05) is 37.2 Å². The minimum Gasteiger partial charge on any atom is -0.341 e. The Balaban J connectivity index is 2.36. The van der Waals surface area contributed by atoms with Crippen LogP contribution < -0.4 is 16.2 Å². The van der Waals surface area contributed by atoms with Gasteiger partial charge in [-0.25, -0.2) is 9.78 Å². The van der Waals surface area contributed by atoms with E-state index in [1.165, 1.54) is 18.8 Å². The summed E-state index contributed by atoms with van der Waals surface area (Å²) in [6, 6.07) is 6.60. The molecule has 1 aromatic heterocycles. The van der Waals surface area contributed by atoms with E-state index in [4.69, 9.17) is 0 Å². The Kier molecular flexibility index (Phi) is 6.58. The van der Waals surface area contributed by atoms with Crippen LogP contribution in [0.1, 0.15) is 26.7 Å². The molecule has 1 heterocycles. The quantitative estimate of drug-likeness (QED) is 0.607. The van der Waals surface area contributed by atoms with Gasteiger partial charge in [0.1, 0.15) is 0 Å². The van der Waals surface area contributed by atoms with E-state index in [1.807, 2.05) is 19.1 Å². The summed E-state index contributed by atoms with van der Waals surface area (Å²) in [5.41, 5.74) is 0.488. The third-order valence-electron chi connectivity index (χ3n) is 3.68. The lowest BCUT2D eigenvalue weighted by Crippen LogP contribution is -2.41. The number of para-hydroxylation sites is 1. The molecule has 2 aromatic rings. The van der Waals surface area contributed by atoms with Crippen molar-refractivity contribution in [1.82, 2.24) is 20.2 Å². The summed E-state index contributed by atoms with van der Waals surface area (Å²) in [5.74, 6) is -0.436. The molecule has 2 N–H and O–H groups in total. The van der Waals surface area contributed by atoms with Crippen molar-refractivity contribution in [3.63, 3.8) is 0 Å². The molecule has 25 heavy (non-hydrogen) atoms. The molecule has 7 nitrogen and oxygen atoms in total. The zero-order valence-electron chi connectivity index (χ0n) is 14.5. The molecule has 0 radical (unpaired) electrons. The number of rotatable bonds is 6. The van der Waals surface area contributed by atoms with Crippen molar-refractivity contribution >= 4 is 34.6 Å². The van der Waals surface area contributed by atoms with Gasteiger partial charge in [0.2, 0.25) is 5.91 Å². The molecule has 0 saturated heterocycles. The second-order valence-electron chi connectivity index (χ2n) is 5.55. The topological polar surface area (TPSA) is 93.1 Å². The number of hydrogen-bond acceptors (Lipinski definition) is 5. The van der Waals surface area contributed by atoms with Gasteiger partial charge in [-0.3, -0.25) is 19.5 Å². The number of fused-ring (bicyclic) bond motifs is 1. The number of nitrogens with zero attached hydrogens (tertiary/aromatic N) is 2. The Morgan fingerprint density at radius 3 is 2.72 bits per heavy atom. The van der Waals surface area contributed by atoms with E-state index in [9.17, 15) is 14.4 Å². The van der Waals surface area contributed by atoms with E-state index in [0.717, 1.165) is 12.8 Å². The molecule has 134 valence electrons. The van der Waals surface area contributed by atoms with Gasteiger partial charge >= 0.3 is 6.03 Å². The number of aromatic nitrogens is 2. The maximum Gasteiger partial charge on any atom is 0.321 e. The first-order chi connectivity index (χ1) is 12.0. The number of benzene rings is 1. The van der Waals surface area contributed by atoms with E-state index in [1.54, 1.807) is 23.6 Å². The first kappa shape index (κ1) is 19.0. The van der Waals surface area contributed by atoms with E-state index in [2.05, 4.69) is 15.6 Å². The van der Waals surface area contributed by atoms with Gasteiger partial charge in [0.25, 0.3) is 5.56 Å². The van der Waals surface area contributed by atoms with E-state index < -0.39 is 17.2 Å². The van der Waals surface area contributed by atoms with Crippen LogP contribution >= 0.6 is 11.8 Å². The van der Waals surface area contributed by atoms with Crippen LogP contribution in [0.15, 0.2) is 34.2 Å². The molecule has 0 unspecified atom stereocenters. The summed E-state index contributed by atoms with van der Waals surface area (Å²) in [4.78, 5) is 40.7. The average Bonchev–Trinajstić information content (AvgIpc) is 2.61. The fraction of sp³-hybridized carbons (Fsp3) is 0.412. The molecule has 2 rings (SSSR count). The van der Waals surface area contributed by atoms with Crippen molar-refractivity contribution in [3.05, 3.63) is 34.6 Å². The van der Waals surface area contributed by atoms with Crippen LogP contribution in [-0.4, -0.2) is 33.8 Å². The molecule has 0 aliphatic carbocycles. The Morgan fingerprint density at radius 1 is 1.32 bits per heavy atom. The number of nitrogens with one attached hydrogen (secondary N) is 2. The van der Waals surface area contributed by atoms with Crippen LogP contribution in [0.5, 0.6) is 0 Å². The molecule has 8 heteroatoms. The first-order valence-electron chi connectivity index (χ1n) is 8.16. The largest absolute Gasteiger partial charge is 0.341 e. The zero-order valence-corrected chi connectivity index (χ0v) is 15.4. The predicted molar refractivity (Wildman–Crippen MR) is 98.8 cm³/mol. The zero-order chi connectivity index (χ0) is 18.4. The minimum atomic E-state index is -0.571. The third-order valence-corrected chi connectivity index (χ3v) is 4.77. The van der Waals surface area contributed by atoms with Crippen molar-refractivity contribution in [3.8, 4) is 0 Å². The summed E-state index contributed by atoms with van der Waals surface area (Å²) in [6.45, 7) is 4.26. The van der Waals surface area contributed by atoms with Crippen LogP contribution in [0, 0.1) is 0 Å². The summed E-state index contributed by atoms with van der Waals surface area (Å²) in [5, 5.41) is 5.05. The number of urea groups is 1. The van der Waals surface area contributed by atoms with Crippen LogP contribution in [0.3, 0.4) is 0 Å². The highest BCUT2D eigenvalue weighted by Crippen LogP contribution is 2.23. The maximum atomic E-state index is 12.8. The van der Waals surface area contributed by atoms with Crippen molar-refractivity contribution < 1.29 is 9.59 Å². The normalized spacial score (nSPS) is 12.0. The molecule has 1 aromatic carbocycles. The molecule has 3 amide bonds. The van der Waals surface area contributed by atoms with Gasteiger partial charge in [0.05, 0.1) is 16.2 Å². The molecule has 0 spiro atoms. The average molecular weight is 362 g/mol. The first-order valence-corrected chi connectivity index (χ1v) is 9.04. The van der Waals surface area contributed by atoms with Gasteiger partial charge in [0, 0.05) is 13.6 Å². The van der Waals surface area contributed by atoms with Crippen LogP contribution in [-0.2, 0) is 11.3 Å². The van der Waals surface area contributed by atoms with Gasteiger partial charge in [-0.15, -0.1) is 0 Å². The second-order valence-corrected chi connectivity index (χ2v) is 6.86. The fourth-order valence-electron chi connectivity index (χ4n) is 2.24. The van der Waals surface area contributed by atoms with Crippen molar-refractivity contribution in [2.45, 2.75) is 43.6 Å². The van der Waals surface area contributed by atoms with Crippen LogP contribution in [0.2, 0.25) is 0 Å². The highest BCUT2D eigenvalue weighted by atomic mass is 32.2. The highest BCUT2D eigenvalue weighted by molar-refractivity contribution is 8.00. The lowest BCUT2D eigenvalue weighted by atomic mass is 10.2. The number of carbonyl (C=O) groups excluding carboxylic acids is 2. The summed E-state index contributed by atoms with van der Waals surface area (Å²) < 4.78 is 1.61. The molecule has 0 aliphatic rings. The van der Waals surface area contributed by atoms with E-state index in [0.29, 0.717) is 22.6 Å². The minimum absolute atomic E-state index is 0.111. The van der Waals surface area contributed by atoms with Gasteiger partial charge in [-0.2, -0.15) is 0 Å². The lowest BCUT2D eigenvalue weighted by Gasteiger charge is -2.15. The molecular formula is C17H22N4O3S. The summed E-state index contributed by atoms with van der Waals surface area (Å²) >= 11 is 1.17. The number of unbranched alkanes of at least 4 members (excludes halogenated alkanes) is 1. The number of imide groups is 1. The second kappa shape index (κ2) is 8.66. The molecule has 0 aliphatic heterocycles. The van der Waals surface area contributed by atoms with E-state index in [-0.39, 0.29) is 5.56 Å². The number of amides is 3. The SMILES string of the molecule is CCCCn1c(S[C@@H](C)C(=O)NC(=O)NC)nc2ccccc2c1=O. The molecule has 0 bridgehead atoms. The summed E-state index contributed by atoms with van der Waals surface area (Å²) in [7, 11) is 1.44. The monoisotopic (exact) mass is 362 g/mol. The molecule has 0 fully saturated rings. The fourth-order valence-corrected chi connectivity index (χ4v) is 3.17. The summed E-state index contributed by atoms with van der Waals surface area (Å²) in [6.07, 6.45) is 1.78.